The summed E-state index contributed by atoms with van der Waals surface area (Å²) < 4.78 is 10.8. The van der Waals surface area contributed by atoms with Crippen LogP contribution in [0.25, 0.3) is 0 Å². The normalized spacial score (nSPS) is 10.3. The number of furan rings is 1. The third-order valence-corrected chi connectivity index (χ3v) is 4.03. The van der Waals surface area contributed by atoms with Crippen LogP contribution in [0.1, 0.15) is 23.4 Å². The van der Waals surface area contributed by atoms with Gasteiger partial charge in [-0.05, 0) is 48.9 Å². The highest BCUT2D eigenvalue weighted by molar-refractivity contribution is 6.31. The number of halogens is 1. The van der Waals surface area contributed by atoms with E-state index in [0.717, 1.165) is 0 Å². The van der Waals surface area contributed by atoms with Gasteiger partial charge >= 0.3 is 0 Å². The van der Waals surface area contributed by atoms with Crippen LogP contribution >= 0.6 is 11.6 Å². The van der Waals surface area contributed by atoms with Gasteiger partial charge in [-0.25, -0.2) is 0 Å². The van der Waals surface area contributed by atoms with Crippen LogP contribution in [0.5, 0.6) is 11.5 Å². The smallest absolute Gasteiger partial charge is 0.286 e. The van der Waals surface area contributed by atoms with E-state index in [-0.39, 0.29) is 24.0 Å². The van der Waals surface area contributed by atoms with E-state index in [0.29, 0.717) is 35.2 Å². The summed E-state index contributed by atoms with van der Waals surface area (Å²) in [6, 6.07) is 17.5. The Hall–Kier alpha value is -3.25. The van der Waals surface area contributed by atoms with E-state index in [1.165, 1.54) is 6.26 Å². The summed E-state index contributed by atoms with van der Waals surface area (Å²) in [4.78, 5) is 24.0. The van der Waals surface area contributed by atoms with Crippen LogP contribution in [0.3, 0.4) is 0 Å². The van der Waals surface area contributed by atoms with E-state index in [9.17, 15) is 9.59 Å². The van der Waals surface area contributed by atoms with Crippen molar-refractivity contribution in [3.05, 3.63) is 77.7 Å². The summed E-state index contributed by atoms with van der Waals surface area (Å²) in [5.41, 5.74) is 0.487. The van der Waals surface area contributed by atoms with Gasteiger partial charge in [0.2, 0.25) is 5.91 Å². The van der Waals surface area contributed by atoms with Gasteiger partial charge in [-0.3, -0.25) is 9.59 Å². The van der Waals surface area contributed by atoms with E-state index >= 15 is 0 Å². The van der Waals surface area contributed by atoms with Crippen LogP contribution in [0.2, 0.25) is 5.02 Å². The molecule has 2 N–H and O–H groups in total. The van der Waals surface area contributed by atoms with Gasteiger partial charge in [0.05, 0.1) is 12.0 Å². The lowest BCUT2D eigenvalue weighted by Crippen LogP contribution is -2.25. The highest BCUT2D eigenvalue weighted by atomic mass is 35.5. The van der Waals surface area contributed by atoms with Crippen LogP contribution < -0.4 is 15.4 Å². The first-order valence-electron chi connectivity index (χ1n) is 8.76. The molecule has 0 radical (unpaired) electrons. The first-order chi connectivity index (χ1) is 13.6. The molecule has 0 atom stereocenters. The molecule has 0 unspecified atom stereocenters. The van der Waals surface area contributed by atoms with Crippen molar-refractivity contribution in [2.45, 2.75) is 12.8 Å². The third kappa shape index (κ3) is 5.62. The molecule has 28 heavy (non-hydrogen) atoms. The van der Waals surface area contributed by atoms with E-state index in [2.05, 4.69) is 10.6 Å². The molecule has 0 spiro atoms. The van der Waals surface area contributed by atoms with E-state index in [4.69, 9.17) is 20.8 Å². The Labute approximate surface area is 167 Å². The Morgan fingerprint density at radius 1 is 1.04 bits per heavy atom. The average molecular weight is 399 g/mol. The molecule has 3 aromatic rings. The molecule has 144 valence electrons. The van der Waals surface area contributed by atoms with Crippen molar-refractivity contribution in [1.29, 1.82) is 0 Å². The van der Waals surface area contributed by atoms with Gasteiger partial charge in [0, 0.05) is 18.0 Å². The summed E-state index contributed by atoms with van der Waals surface area (Å²) in [6.45, 7) is 0.357. The lowest BCUT2D eigenvalue weighted by atomic mass is 10.2. The van der Waals surface area contributed by atoms with Gasteiger partial charge in [0.15, 0.2) is 11.5 Å². The monoisotopic (exact) mass is 398 g/mol. The number of rotatable bonds is 8. The Balaban J connectivity index is 1.52. The van der Waals surface area contributed by atoms with Crippen molar-refractivity contribution in [1.82, 2.24) is 5.32 Å². The van der Waals surface area contributed by atoms with E-state index in [1.54, 1.807) is 30.3 Å². The van der Waals surface area contributed by atoms with Crippen molar-refractivity contribution < 1.29 is 18.7 Å². The molecule has 0 aliphatic rings. The third-order valence-electron chi connectivity index (χ3n) is 3.80. The summed E-state index contributed by atoms with van der Waals surface area (Å²) in [5, 5.41) is 5.99. The second-order valence-electron chi connectivity index (χ2n) is 5.94. The maximum absolute atomic E-state index is 12.3. The Morgan fingerprint density at radius 3 is 2.61 bits per heavy atom. The standard InChI is InChI=1S/C21H19ClN2O4/c22-15-10-11-18(28-16-6-2-1-3-7-16)17(14-15)24-20(25)9-4-12-23-21(26)19-8-5-13-27-19/h1-3,5-8,10-11,13-14H,4,9,12H2,(H,23,26)(H,24,25). The van der Waals surface area contributed by atoms with Crippen LogP contribution in [0.4, 0.5) is 5.69 Å². The van der Waals surface area contributed by atoms with Gasteiger partial charge in [-0.2, -0.15) is 0 Å². The molecule has 0 saturated heterocycles. The summed E-state index contributed by atoms with van der Waals surface area (Å²) >= 11 is 6.05. The van der Waals surface area contributed by atoms with Gasteiger partial charge in [0.1, 0.15) is 5.75 Å². The Morgan fingerprint density at radius 2 is 1.86 bits per heavy atom. The van der Waals surface area contributed by atoms with E-state index in [1.807, 2.05) is 30.3 Å². The molecule has 1 heterocycles. The largest absolute Gasteiger partial charge is 0.459 e. The lowest BCUT2D eigenvalue weighted by molar-refractivity contribution is -0.116. The fourth-order valence-electron chi connectivity index (χ4n) is 2.46. The number of amides is 2. The molecule has 0 aliphatic heterocycles. The predicted molar refractivity (Wildman–Crippen MR) is 107 cm³/mol. The van der Waals surface area contributed by atoms with Gasteiger partial charge in [-0.1, -0.05) is 29.8 Å². The summed E-state index contributed by atoms with van der Waals surface area (Å²) in [7, 11) is 0. The molecule has 0 bridgehead atoms. The average Bonchev–Trinajstić information content (AvgIpc) is 3.23. The van der Waals surface area contributed by atoms with E-state index < -0.39 is 0 Å². The quantitative estimate of drug-likeness (QED) is 0.530. The number of carbonyl (C=O) groups excluding carboxylic acids is 2. The van der Waals surface area contributed by atoms with Gasteiger partial charge < -0.3 is 19.8 Å². The SMILES string of the molecule is O=C(CCCNC(=O)c1ccco1)Nc1cc(Cl)ccc1Oc1ccccc1. The molecule has 1 aromatic heterocycles. The lowest BCUT2D eigenvalue weighted by Gasteiger charge is -2.13. The van der Waals surface area contributed by atoms with Crippen LogP contribution in [-0.4, -0.2) is 18.4 Å². The molecular weight excluding hydrogens is 380 g/mol. The maximum Gasteiger partial charge on any atom is 0.286 e. The summed E-state index contributed by atoms with van der Waals surface area (Å²) in [5.74, 6) is 0.883. The number of para-hydroxylation sites is 1. The molecular formula is C21H19ClN2O4. The molecule has 0 fully saturated rings. The van der Waals surface area contributed by atoms with Crippen molar-refractivity contribution in [2.24, 2.45) is 0 Å². The number of carbonyl (C=O) groups is 2. The van der Waals surface area contributed by atoms with Crippen LogP contribution in [0.15, 0.2) is 71.3 Å². The van der Waals surface area contributed by atoms with Gasteiger partial charge in [-0.15, -0.1) is 0 Å². The number of hydrogen-bond donors (Lipinski definition) is 2. The maximum atomic E-state index is 12.3. The molecule has 3 rings (SSSR count). The van der Waals surface area contributed by atoms with Crippen molar-refractivity contribution >= 4 is 29.1 Å². The minimum Gasteiger partial charge on any atom is -0.459 e. The second-order valence-corrected chi connectivity index (χ2v) is 6.38. The molecule has 7 heteroatoms. The highest BCUT2D eigenvalue weighted by Crippen LogP contribution is 2.32. The summed E-state index contributed by atoms with van der Waals surface area (Å²) in [6.07, 6.45) is 2.14. The number of hydrogen-bond acceptors (Lipinski definition) is 4. The molecule has 0 saturated carbocycles. The number of ether oxygens (including phenoxy) is 1. The molecule has 2 amide bonds. The molecule has 6 nitrogen and oxygen atoms in total. The van der Waals surface area contributed by atoms with Crippen LogP contribution in [0, 0.1) is 0 Å². The number of benzene rings is 2. The topological polar surface area (TPSA) is 80.6 Å². The Bertz CT molecular complexity index is 927. The first-order valence-corrected chi connectivity index (χ1v) is 9.13. The van der Waals surface area contributed by atoms with Gasteiger partial charge in [0.25, 0.3) is 5.91 Å². The number of nitrogens with one attached hydrogen (secondary N) is 2. The minimum atomic E-state index is -0.307. The fourth-order valence-corrected chi connectivity index (χ4v) is 2.63. The minimum absolute atomic E-state index is 0.201. The first kappa shape index (κ1) is 19.5. The van der Waals surface area contributed by atoms with Crippen molar-refractivity contribution in [3.63, 3.8) is 0 Å². The molecule has 0 aliphatic carbocycles. The Kier molecular flexibility index (Phi) is 6.70. The predicted octanol–water partition coefficient (Wildman–Crippen LogP) is 4.87. The zero-order valence-electron chi connectivity index (χ0n) is 15.0. The van der Waals surface area contributed by atoms with Crippen molar-refractivity contribution in [2.75, 3.05) is 11.9 Å². The second kappa shape index (κ2) is 9.62. The van der Waals surface area contributed by atoms with Crippen molar-refractivity contribution in [3.8, 4) is 11.5 Å². The molecule has 2 aromatic carbocycles. The van der Waals surface area contributed by atoms with Crippen LogP contribution in [-0.2, 0) is 4.79 Å². The number of anilines is 1. The highest BCUT2D eigenvalue weighted by Gasteiger charge is 2.11. The zero-order valence-corrected chi connectivity index (χ0v) is 15.7. The zero-order chi connectivity index (χ0) is 19.8. The fraction of sp³-hybridized carbons (Fsp3) is 0.143.